The van der Waals surface area contributed by atoms with Gasteiger partial charge < -0.3 is 19.9 Å². The van der Waals surface area contributed by atoms with Crippen molar-refractivity contribution < 1.29 is 18.7 Å². The van der Waals surface area contributed by atoms with Crippen molar-refractivity contribution in [3.63, 3.8) is 0 Å². The zero-order valence-corrected chi connectivity index (χ0v) is 24.6. The molecule has 0 bridgehead atoms. The van der Waals surface area contributed by atoms with Gasteiger partial charge in [-0.05, 0) is 90.7 Å². The molecule has 2 aromatic carbocycles. The van der Waals surface area contributed by atoms with Crippen LogP contribution in [0.2, 0.25) is 0 Å². The molecule has 4 aromatic rings. The number of benzene rings is 2. The second-order valence-corrected chi connectivity index (χ2v) is 11.6. The summed E-state index contributed by atoms with van der Waals surface area (Å²) in [6, 6.07) is 17.7. The minimum absolute atomic E-state index is 0.140. The number of piperidine rings is 1. The Morgan fingerprint density at radius 3 is 2.57 bits per heavy atom. The SMILES string of the molecule is COc1ccc(-n2cnnn2)cc1C(=O)N1CCC(CCN2CCC(NC=O)(c3ccccn3)CC2)(c2ccc(F)cc2)C1. The number of amides is 2. The van der Waals surface area contributed by atoms with Gasteiger partial charge in [0.25, 0.3) is 5.91 Å². The lowest BCUT2D eigenvalue weighted by atomic mass is 9.76. The zero-order valence-electron chi connectivity index (χ0n) is 24.6. The molecule has 12 heteroatoms. The summed E-state index contributed by atoms with van der Waals surface area (Å²) >= 11 is 0. The predicted molar refractivity (Wildman–Crippen MR) is 160 cm³/mol. The Hall–Kier alpha value is -4.71. The molecule has 2 saturated heterocycles. The van der Waals surface area contributed by atoms with Crippen LogP contribution in [0.25, 0.3) is 5.69 Å². The number of carbonyl (C=O) groups excluding carboxylic acids is 2. The van der Waals surface area contributed by atoms with Gasteiger partial charge in [0.05, 0.1) is 29.6 Å². The summed E-state index contributed by atoms with van der Waals surface area (Å²) in [7, 11) is 1.54. The van der Waals surface area contributed by atoms with E-state index >= 15 is 0 Å². The minimum atomic E-state index is -0.485. The zero-order chi connectivity index (χ0) is 30.6. The molecule has 0 aliphatic carbocycles. The molecule has 228 valence electrons. The van der Waals surface area contributed by atoms with Crippen LogP contribution in [-0.4, -0.2) is 87.1 Å². The third-order valence-corrected chi connectivity index (χ3v) is 9.23. The van der Waals surface area contributed by atoms with Crippen LogP contribution in [0.3, 0.4) is 0 Å². The van der Waals surface area contributed by atoms with E-state index in [1.165, 1.54) is 23.1 Å². The maximum Gasteiger partial charge on any atom is 0.257 e. The molecule has 1 atom stereocenters. The number of aromatic nitrogens is 5. The van der Waals surface area contributed by atoms with E-state index in [0.29, 0.717) is 30.1 Å². The molecule has 6 rings (SSSR count). The van der Waals surface area contributed by atoms with Gasteiger partial charge in [0.2, 0.25) is 6.41 Å². The summed E-state index contributed by atoms with van der Waals surface area (Å²) in [6.45, 7) is 3.44. The first-order valence-corrected chi connectivity index (χ1v) is 14.8. The van der Waals surface area contributed by atoms with Gasteiger partial charge in [-0.25, -0.2) is 9.07 Å². The third kappa shape index (κ3) is 5.77. The highest BCUT2D eigenvalue weighted by Crippen LogP contribution is 2.40. The Balaban J connectivity index is 1.20. The van der Waals surface area contributed by atoms with Crippen LogP contribution in [0, 0.1) is 5.82 Å². The highest BCUT2D eigenvalue weighted by Gasteiger charge is 2.43. The maximum atomic E-state index is 14.0. The Bertz CT molecular complexity index is 1580. The number of ether oxygens (including phenoxy) is 1. The normalized spacial score (nSPS) is 19.9. The summed E-state index contributed by atoms with van der Waals surface area (Å²) in [5.74, 6) is 0.0436. The van der Waals surface area contributed by atoms with Gasteiger partial charge in [-0.2, -0.15) is 0 Å². The van der Waals surface area contributed by atoms with Crippen molar-refractivity contribution in [1.29, 1.82) is 0 Å². The Morgan fingerprint density at radius 1 is 1.07 bits per heavy atom. The van der Waals surface area contributed by atoms with Crippen molar-refractivity contribution >= 4 is 12.3 Å². The largest absolute Gasteiger partial charge is 0.496 e. The molecule has 2 aliphatic rings. The van der Waals surface area contributed by atoms with Crippen LogP contribution >= 0.6 is 0 Å². The Morgan fingerprint density at radius 2 is 1.89 bits per heavy atom. The van der Waals surface area contributed by atoms with Crippen molar-refractivity contribution in [2.24, 2.45) is 0 Å². The van der Waals surface area contributed by atoms with Gasteiger partial charge in [0.15, 0.2) is 0 Å². The lowest BCUT2D eigenvalue weighted by Gasteiger charge is -2.42. The molecule has 1 unspecified atom stereocenters. The highest BCUT2D eigenvalue weighted by molar-refractivity contribution is 5.97. The summed E-state index contributed by atoms with van der Waals surface area (Å²) in [4.78, 5) is 34.3. The van der Waals surface area contributed by atoms with E-state index in [4.69, 9.17) is 4.74 Å². The Kier molecular flexibility index (Phi) is 8.34. The molecule has 0 spiro atoms. The number of nitrogens with zero attached hydrogens (tertiary/aromatic N) is 7. The molecule has 0 radical (unpaired) electrons. The minimum Gasteiger partial charge on any atom is -0.496 e. The summed E-state index contributed by atoms with van der Waals surface area (Å²) in [5.41, 5.74) is 2.14. The van der Waals surface area contributed by atoms with E-state index in [1.807, 2.05) is 35.2 Å². The number of nitrogens with one attached hydrogen (secondary N) is 1. The second-order valence-electron chi connectivity index (χ2n) is 11.6. The monoisotopic (exact) mass is 598 g/mol. The molecule has 44 heavy (non-hydrogen) atoms. The molecule has 11 nitrogen and oxygen atoms in total. The number of carbonyl (C=O) groups is 2. The van der Waals surface area contributed by atoms with Crippen LogP contribution in [0.4, 0.5) is 4.39 Å². The number of halogens is 1. The van der Waals surface area contributed by atoms with Crippen molar-refractivity contribution in [1.82, 2.24) is 40.3 Å². The number of likely N-dealkylation sites (tertiary alicyclic amines) is 2. The fourth-order valence-electron chi connectivity index (χ4n) is 6.65. The molecule has 4 heterocycles. The van der Waals surface area contributed by atoms with Crippen LogP contribution in [0.1, 0.15) is 47.3 Å². The highest BCUT2D eigenvalue weighted by atomic mass is 19.1. The van der Waals surface area contributed by atoms with Gasteiger partial charge in [-0.15, -0.1) is 5.10 Å². The number of pyridine rings is 1. The van der Waals surface area contributed by atoms with Gasteiger partial charge in [0.1, 0.15) is 17.9 Å². The van der Waals surface area contributed by atoms with Gasteiger partial charge in [-0.3, -0.25) is 14.6 Å². The van der Waals surface area contributed by atoms with Crippen LogP contribution in [0.5, 0.6) is 5.75 Å². The average Bonchev–Trinajstić information content (AvgIpc) is 3.77. The van der Waals surface area contributed by atoms with E-state index in [2.05, 4.69) is 30.7 Å². The molecule has 1 N–H and O–H groups in total. The van der Waals surface area contributed by atoms with Gasteiger partial charge >= 0.3 is 0 Å². The molecule has 2 aromatic heterocycles. The van der Waals surface area contributed by atoms with Gasteiger partial charge in [-0.1, -0.05) is 18.2 Å². The van der Waals surface area contributed by atoms with Crippen molar-refractivity contribution in [2.45, 2.75) is 36.6 Å². The first-order valence-electron chi connectivity index (χ1n) is 14.8. The predicted octanol–water partition coefficient (Wildman–Crippen LogP) is 3.12. The fraction of sp³-hybridized carbons (Fsp3) is 0.375. The van der Waals surface area contributed by atoms with Crippen molar-refractivity contribution in [3.8, 4) is 11.4 Å². The first kappa shape index (κ1) is 29.4. The van der Waals surface area contributed by atoms with Crippen LogP contribution < -0.4 is 10.1 Å². The van der Waals surface area contributed by atoms with Crippen LogP contribution in [0.15, 0.2) is 73.2 Å². The molecular weight excluding hydrogens is 563 g/mol. The number of hydrogen-bond donors (Lipinski definition) is 1. The van der Waals surface area contributed by atoms with Crippen molar-refractivity contribution in [2.75, 3.05) is 39.8 Å². The molecule has 0 saturated carbocycles. The number of tetrazole rings is 1. The smallest absolute Gasteiger partial charge is 0.257 e. The maximum absolute atomic E-state index is 14.0. The molecule has 2 amide bonds. The number of rotatable bonds is 10. The molecule has 2 aliphatic heterocycles. The number of hydrogen-bond acceptors (Lipinski definition) is 8. The summed E-state index contributed by atoms with van der Waals surface area (Å²) in [5, 5.41) is 14.4. The van der Waals surface area contributed by atoms with Crippen LogP contribution in [-0.2, 0) is 15.7 Å². The van der Waals surface area contributed by atoms with E-state index in [0.717, 1.165) is 63.0 Å². The van der Waals surface area contributed by atoms with E-state index in [-0.39, 0.29) is 17.1 Å². The lowest BCUT2D eigenvalue weighted by molar-refractivity contribution is -0.112. The van der Waals surface area contributed by atoms with Gasteiger partial charge in [0, 0.05) is 37.8 Å². The molecule has 2 fully saturated rings. The molecular formula is C32H35FN8O3. The lowest BCUT2D eigenvalue weighted by Crippen LogP contribution is -2.51. The van der Waals surface area contributed by atoms with E-state index < -0.39 is 5.54 Å². The fourth-order valence-corrected chi connectivity index (χ4v) is 6.65. The van der Waals surface area contributed by atoms with Crippen molar-refractivity contribution in [3.05, 3.63) is 95.8 Å². The first-order chi connectivity index (χ1) is 21.4. The topological polar surface area (TPSA) is 118 Å². The van der Waals surface area contributed by atoms with E-state index in [1.54, 1.807) is 31.5 Å². The standard InChI is InChI=1S/C32H35FN8O3/c1-44-28-10-9-26(41-22-36-37-38-41)20-27(28)30(43)40-19-12-31(21-40,24-5-7-25(33)8-6-24)11-16-39-17-13-32(14-18-39,35-23-42)29-4-2-3-15-34-29/h2-10,15,20,22-23H,11-14,16-19,21H2,1H3,(H,35,42). The summed E-state index contributed by atoms with van der Waals surface area (Å²) in [6.07, 6.45) is 7.03. The third-order valence-electron chi connectivity index (χ3n) is 9.23. The summed E-state index contributed by atoms with van der Waals surface area (Å²) < 4.78 is 21.0. The average molecular weight is 599 g/mol. The van der Waals surface area contributed by atoms with E-state index in [9.17, 15) is 14.0 Å². The quantitative estimate of drug-likeness (QED) is 0.277. The Labute approximate surface area is 255 Å². The number of methoxy groups -OCH3 is 1. The second kappa shape index (κ2) is 12.5.